The van der Waals surface area contributed by atoms with Crippen LogP contribution in [0.4, 0.5) is 5.82 Å². The molecule has 0 aromatic carbocycles. The summed E-state index contributed by atoms with van der Waals surface area (Å²) in [7, 11) is 0. The van der Waals surface area contributed by atoms with Crippen molar-refractivity contribution in [1.29, 1.82) is 0 Å². The largest absolute Gasteiger partial charge is 0.360 e. The Hall–Kier alpha value is -1.68. The molecule has 2 aromatic rings. The van der Waals surface area contributed by atoms with E-state index in [-0.39, 0.29) is 6.04 Å². The molecule has 0 radical (unpaired) electrons. The highest BCUT2D eigenvalue weighted by Gasteiger charge is 2.33. The summed E-state index contributed by atoms with van der Waals surface area (Å²) in [4.78, 5) is 13.1. The average Bonchev–Trinajstić information content (AvgIpc) is 3.24. The van der Waals surface area contributed by atoms with E-state index in [4.69, 9.17) is 11.6 Å². The van der Waals surface area contributed by atoms with Gasteiger partial charge in [0.1, 0.15) is 16.7 Å². The van der Waals surface area contributed by atoms with Gasteiger partial charge in [0.2, 0.25) is 0 Å². The third-order valence-corrected chi connectivity index (χ3v) is 3.76. The molecule has 0 bridgehead atoms. The Bertz CT molecular complexity index is 625. The van der Waals surface area contributed by atoms with Gasteiger partial charge >= 0.3 is 0 Å². The minimum absolute atomic E-state index is 0.168. The van der Waals surface area contributed by atoms with Gasteiger partial charge in [-0.15, -0.1) is 0 Å². The highest BCUT2D eigenvalue weighted by molar-refractivity contribution is 6.32. The van der Waals surface area contributed by atoms with Crippen molar-refractivity contribution in [2.24, 2.45) is 5.92 Å². The van der Waals surface area contributed by atoms with Gasteiger partial charge in [-0.25, -0.2) is 9.97 Å². The van der Waals surface area contributed by atoms with Gasteiger partial charge in [-0.2, -0.15) is 0 Å². The van der Waals surface area contributed by atoms with Crippen molar-refractivity contribution in [3.05, 3.63) is 46.6 Å². The third-order valence-electron chi connectivity index (χ3n) is 3.48. The molecule has 1 unspecified atom stereocenters. The van der Waals surface area contributed by atoms with E-state index < -0.39 is 0 Å². The van der Waals surface area contributed by atoms with E-state index in [0.717, 1.165) is 11.4 Å². The number of hydrogen-bond acceptors (Lipinski definition) is 4. The number of pyridine rings is 1. The zero-order valence-corrected chi connectivity index (χ0v) is 12.4. The Balaban J connectivity index is 1.90. The molecule has 4 nitrogen and oxygen atoms in total. The predicted octanol–water partition coefficient (Wildman–Crippen LogP) is 3.71. The molecule has 0 spiro atoms. The van der Waals surface area contributed by atoms with Crippen LogP contribution in [0.25, 0.3) is 0 Å². The summed E-state index contributed by atoms with van der Waals surface area (Å²) in [5.74, 6) is 2.01. The molecule has 0 amide bonds. The van der Waals surface area contributed by atoms with Gasteiger partial charge in [0.25, 0.3) is 0 Å². The first-order chi connectivity index (χ1) is 9.63. The topological polar surface area (TPSA) is 50.7 Å². The van der Waals surface area contributed by atoms with Crippen LogP contribution in [0.2, 0.25) is 5.02 Å². The molecule has 1 aliphatic rings. The molecule has 1 aliphatic carbocycles. The molecule has 0 aliphatic heterocycles. The number of nitrogens with one attached hydrogen (secondary N) is 1. The van der Waals surface area contributed by atoms with E-state index in [1.165, 1.54) is 12.8 Å². The van der Waals surface area contributed by atoms with Gasteiger partial charge in [0.05, 0.1) is 17.9 Å². The molecular formula is C15H17ClN4. The van der Waals surface area contributed by atoms with Crippen LogP contribution in [0.1, 0.15) is 36.1 Å². The quantitative estimate of drug-likeness (QED) is 0.932. The van der Waals surface area contributed by atoms with Gasteiger partial charge in [-0.3, -0.25) is 4.98 Å². The molecule has 2 heterocycles. The summed E-state index contributed by atoms with van der Waals surface area (Å²) in [6.45, 7) is 3.87. The summed E-state index contributed by atoms with van der Waals surface area (Å²) in [6, 6.07) is 6.28. The van der Waals surface area contributed by atoms with Gasteiger partial charge in [0.15, 0.2) is 0 Å². The van der Waals surface area contributed by atoms with E-state index >= 15 is 0 Å². The normalized spacial score (nSPS) is 15.9. The Labute approximate surface area is 123 Å². The zero-order chi connectivity index (χ0) is 14.1. The van der Waals surface area contributed by atoms with E-state index in [1.807, 2.05) is 26.0 Å². The molecule has 1 atom stereocenters. The van der Waals surface area contributed by atoms with Crippen molar-refractivity contribution < 1.29 is 0 Å². The number of aromatic nitrogens is 3. The molecule has 5 heteroatoms. The lowest BCUT2D eigenvalue weighted by Gasteiger charge is -2.19. The second-order valence-electron chi connectivity index (χ2n) is 5.28. The molecule has 2 aromatic heterocycles. The van der Waals surface area contributed by atoms with Crippen molar-refractivity contribution in [3.8, 4) is 0 Å². The maximum Gasteiger partial charge on any atom is 0.149 e. The Kier molecular flexibility index (Phi) is 3.57. The van der Waals surface area contributed by atoms with Gasteiger partial charge in [-0.1, -0.05) is 17.7 Å². The van der Waals surface area contributed by atoms with Crippen LogP contribution < -0.4 is 5.32 Å². The van der Waals surface area contributed by atoms with Crippen LogP contribution in [0, 0.1) is 19.8 Å². The van der Waals surface area contributed by atoms with Crippen LogP contribution in [-0.4, -0.2) is 15.0 Å². The van der Waals surface area contributed by atoms with Gasteiger partial charge in [-0.05, 0) is 44.7 Å². The van der Waals surface area contributed by atoms with Crippen LogP contribution in [0.15, 0.2) is 24.4 Å². The van der Waals surface area contributed by atoms with Crippen LogP contribution in [0.3, 0.4) is 0 Å². The van der Waals surface area contributed by atoms with Gasteiger partial charge in [0, 0.05) is 5.69 Å². The molecule has 3 rings (SSSR count). The number of nitrogens with zero attached hydrogens (tertiary/aromatic N) is 3. The van der Waals surface area contributed by atoms with E-state index in [2.05, 4.69) is 26.3 Å². The first-order valence-corrected chi connectivity index (χ1v) is 7.20. The standard InChI is InChI=1S/C15H17ClN4/c1-9-4-3-5-13(18-9)14(11-6-7-11)20-15-12(16)8-17-10(2)19-15/h3-5,8,11,14H,6-7H2,1-2H3,(H,17,19,20). The molecule has 1 fully saturated rings. The predicted molar refractivity (Wildman–Crippen MR) is 79.8 cm³/mol. The fraction of sp³-hybridized carbons (Fsp3) is 0.400. The van der Waals surface area contributed by atoms with Crippen LogP contribution in [-0.2, 0) is 0 Å². The number of hydrogen-bond donors (Lipinski definition) is 1. The third kappa shape index (κ3) is 2.90. The summed E-state index contributed by atoms with van der Waals surface area (Å²) < 4.78 is 0. The summed E-state index contributed by atoms with van der Waals surface area (Å²) in [6.07, 6.45) is 4.07. The number of halogens is 1. The maximum atomic E-state index is 6.18. The van der Waals surface area contributed by atoms with E-state index in [1.54, 1.807) is 6.20 Å². The van der Waals surface area contributed by atoms with Crippen LogP contribution in [0.5, 0.6) is 0 Å². The van der Waals surface area contributed by atoms with E-state index in [9.17, 15) is 0 Å². The van der Waals surface area contributed by atoms with Crippen LogP contribution >= 0.6 is 11.6 Å². The van der Waals surface area contributed by atoms with Crippen molar-refractivity contribution in [3.63, 3.8) is 0 Å². The van der Waals surface area contributed by atoms with Gasteiger partial charge < -0.3 is 5.32 Å². The minimum Gasteiger partial charge on any atom is -0.360 e. The Morgan fingerprint density at radius 3 is 2.75 bits per heavy atom. The molecular weight excluding hydrogens is 272 g/mol. The highest BCUT2D eigenvalue weighted by Crippen LogP contribution is 2.42. The lowest BCUT2D eigenvalue weighted by Crippen LogP contribution is -2.16. The second-order valence-corrected chi connectivity index (χ2v) is 5.68. The number of aryl methyl sites for hydroxylation is 2. The zero-order valence-electron chi connectivity index (χ0n) is 11.6. The Morgan fingerprint density at radius 1 is 1.25 bits per heavy atom. The molecule has 104 valence electrons. The summed E-state index contributed by atoms with van der Waals surface area (Å²) in [5.41, 5.74) is 2.08. The highest BCUT2D eigenvalue weighted by atomic mass is 35.5. The van der Waals surface area contributed by atoms with Crippen molar-refractivity contribution in [2.75, 3.05) is 5.32 Å². The van der Waals surface area contributed by atoms with Crippen molar-refractivity contribution >= 4 is 17.4 Å². The minimum atomic E-state index is 0.168. The fourth-order valence-electron chi connectivity index (χ4n) is 2.30. The number of rotatable bonds is 4. The molecule has 1 N–H and O–H groups in total. The Morgan fingerprint density at radius 2 is 2.05 bits per heavy atom. The van der Waals surface area contributed by atoms with E-state index in [0.29, 0.717) is 22.6 Å². The van der Waals surface area contributed by atoms with Crippen molar-refractivity contribution in [1.82, 2.24) is 15.0 Å². The second kappa shape index (κ2) is 5.37. The smallest absolute Gasteiger partial charge is 0.149 e. The average molecular weight is 289 g/mol. The lowest BCUT2D eigenvalue weighted by atomic mass is 10.1. The summed E-state index contributed by atoms with van der Waals surface area (Å²) >= 11 is 6.18. The van der Waals surface area contributed by atoms with Crippen molar-refractivity contribution in [2.45, 2.75) is 32.7 Å². The molecule has 1 saturated carbocycles. The lowest BCUT2D eigenvalue weighted by molar-refractivity contribution is 0.652. The first kappa shape index (κ1) is 13.3. The first-order valence-electron chi connectivity index (χ1n) is 6.83. The molecule has 20 heavy (non-hydrogen) atoms. The number of anilines is 1. The SMILES string of the molecule is Cc1cccc(C(Nc2nc(C)ncc2Cl)C2CC2)n1. The fourth-order valence-corrected chi connectivity index (χ4v) is 2.45. The summed E-state index contributed by atoms with van der Waals surface area (Å²) in [5, 5.41) is 4.00. The maximum absolute atomic E-state index is 6.18. The monoisotopic (exact) mass is 288 g/mol. The molecule has 0 saturated heterocycles.